The number of rotatable bonds is 6. The van der Waals surface area contributed by atoms with Gasteiger partial charge >= 0.3 is 0 Å². The van der Waals surface area contributed by atoms with Crippen molar-refractivity contribution in [1.29, 1.82) is 0 Å². The zero-order valence-electron chi connectivity index (χ0n) is 15.1. The monoisotopic (exact) mass is 403 g/mol. The molecule has 0 unspecified atom stereocenters. The maximum Gasteiger partial charge on any atom is 0.282 e. The SMILES string of the molecule is CN(CCO)C1=C(c2ccc([N+](=O)[O-])cc2)C(=O)N(c2ccc(F)c(F)c2)C1=O. The smallest absolute Gasteiger partial charge is 0.282 e. The number of benzene rings is 2. The highest BCUT2D eigenvalue weighted by Gasteiger charge is 2.42. The van der Waals surface area contributed by atoms with Crippen molar-refractivity contribution in [3.63, 3.8) is 0 Å². The Morgan fingerprint density at radius 1 is 1.07 bits per heavy atom. The minimum atomic E-state index is -1.22. The van der Waals surface area contributed by atoms with E-state index < -0.39 is 28.4 Å². The molecule has 1 aliphatic rings. The molecule has 10 heteroatoms. The second-order valence-corrected chi connectivity index (χ2v) is 6.22. The van der Waals surface area contributed by atoms with E-state index in [1.54, 1.807) is 0 Å². The van der Waals surface area contributed by atoms with E-state index >= 15 is 0 Å². The maximum atomic E-state index is 13.7. The molecule has 0 fully saturated rings. The minimum absolute atomic E-state index is 0.0243. The number of nitrogens with zero attached hydrogens (tertiary/aromatic N) is 3. The number of carbonyl (C=O) groups excluding carboxylic acids is 2. The number of nitro benzene ring substituents is 1. The molecule has 150 valence electrons. The van der Waals surface area contributed by atoms with E-state index in [1.165, 1.54) is 36.2 Å². The molecule has 0 spiro atoms. The topological polar surface area (TPSA) is 104 Å². The van der Waals surface area contributed by atoms with Crippen LogP contribution in [0.2, 0.25) is 0 Å². The van der Waals surface area contributed by atoms with Gasteiger partial charge in [-0.05, 0) is 29.8 Å². The summed E-state index contributed by atoms with van der Waals surface area (Å²) in [5.41, 5.74) is -0.258. The number of aliphatic hydroxyl groups is 1. The summed E-state index contributed by atoms with van der Waals surface area (Å²) in [6.45, 7) is -0.281. The number of hydrogen-bond acceptors (Lipinski definition) is 6. The number of carbonyl (C=O) groups is 2. The van der Waals surface area contributed by atoms with Crippen LogP contribution in [-0.2, 0) is 9.59 Å². The molecule has 1 aliphatic heterocycles. The van der Waals surface area contributed by atoms with Crippen molar-refractivity contribution in [1.82, 2.24) is 4.90 Å². The van der Waals surface area contributed by atoms with Crippen LogP contribution in [0, 0.1) is 21.7 Å². The predicted molar refractivity (Wildman–Crippen MR) is 98.6 cm³/mol. The minimum Gasteiger partial charge on any atom is -0.395 e. The van der Waals surface area contributed by atoms with Crippen molar-refractivity contribution in [2.24, 2.45) is 0 Å². The molecule has 0 radical (unpaired) electrons. The Morgan fingerprint density at radius 3 is 2.28 bits per heavy atom. The van der Waals surface area contributed by atoms with Crippen molar-refractivity contribution in [3.8, 4) is 0 Å². The van der Waals surface area contributed by atoms with Gasteiger partial charge in [0.2, 0.25) is 0 Å². The van der Waals surface area contributed by atoms with E-state index in [0.717, 1.165) is 18.2 Å². The number of imide groups is 1. The fourth-order valence-corrected chi connectivity index (χ4v) is 3.00. The summed E-state index contributed by atoms with van der Waals surface area (Å²) in [6.07, 6.45) is 0. The van der Waals surface area contributed by atoms with Gasteiger partial charge in [0, 0.05) is 31.8 Å². The zero-order valence-corrected chi connectivity index (χ0v) is 15.1. The van der Waals surface area contributed by atoms with Crippen LogP contribution in [0.3, 0.4) is 0 Å². The molecular weight excluding hydrogens is 388 g/mol. The first kappa shape index (κ1) is 20.1. The van der Waals surface area contributed by atoms with Crippen molar-refractivity contribution in [2.45, 2.75) is 0 Å². The summed E-state index contributed by atoms with van der Waals surface area (Å²) in [4.78, 5) is 38.4. The van der Waals surface area contributed by atoms with Gasteiger partial charge in [-0.15, -0.1) is 0 Å². The lowest BCUT2D eigenvalue weighted by molar-refractivity contribution is -0.384. The summed E-state index contributed by atoms with van der Waals surface area (Å²) in [6, 6.07) is 7.63. The number of non-ortho nitro benzene ring substituents is 1. The van der Waals surface area contributed by atoms with Crippen molar-refractivity contribution < 1.29 is 28.4 Å². The standard InChI is InChI=1S/C19H15F2N3O5/c1-22(8-9-25)17-16(11-2-4-12(5-3-11)24(28)29)18(26)23(19(17)27)13-6-7-14(20)15(21)10-13/h2-7,10,25H,8-9H2,1H3. The Balaban J connectivity index is 2.12. The first-order chi connectivity index (χ1) is 13.8. The highest BCUT2D eigenvalue weighted by atomic mass is 19.2. The Kier molecular flexibility index (Phi) is 5.37. The van der Waals surface area contributed by atoms with E-state index in [4.69, 9.17) is 0 Å². The first-order valence-corrected chi connectivity index (χ1v) is 8.41. The molecule has 1 N–H and O–H groups in total. The third-order valence-corrected chi connectivity index (χ3v) is 4.40. The normalized spacial score (nSPS) is 14.0. The summed E-state index contributed by atoms with van der Waals surface area (Å²) < 4.78 is 26.9. The number of anilines is 1. The molecule has 3 rings (SSSR count). The van der Waals surface area contributed by atoms with E-state index in [9.17, 15) is 33.6 Å². The number of nitro groups is 1. The molecule has 29 heavy (non-hydrogen) atoms. The molecule has 0 aromatic heterocycles. The lowest BCUT2D eigenvalue weighted by Crippen LogP contribution is -2.35. The summed E-state index contributed by atoms with van der Waals surface area (Å²) in [5, 5.41) is 20.1. The average molecular weight is 403 g/mol. The van der Waals surface area contributed by atoms with E-state index in [0.29, 0.717) is 4.90 Å². The molecule has 2 aromatic carbocycles. The fourth-order valence-electron chi connectivity index (χ4n) is 3.00. The number of halogens is 2. The zero-order chi connectivity index (χ0) is 21.3. The van der Waals surface area contributed by atoms with Crippen LogP contribution >= 0.6 is 0 Å². The largest absolute Gasteiger partial charge is 0.395 e. The maximum absolute atomic E-state index is 13.7. The van der Waals surface area contributed by atoms with Crippen LogP contribution in [0.4, 0.5) is 20.2 Å². The van der Waals surface area contributed by atoms with Crippen LogP contribution in [0.25, 0.3) is 5.57 Å². The molecule has 0 bridgehead atoms. The van der Waals surface area contributed by atoms with Gasteiger partial charge in [0.1, 0.15) is 5.70 Å². The second kappa shape index (κ2) is 7.76. The molecule has 1 heterocycles. The van der Waals surface area contributed by atoms with Gasteiger partial charge in [-0.25, -0.2) is 13.7 Å². The molecule has 2 aromatic rings. The van der Waals surface area contributed by atoms with Crippen LogP contribution < -0.4 is 4.90 Å². The van der Waals surface area contributed by atoms with Gasteiger partial charge in [0.05, 0.1) is 22.8 Å². The summed E-state index contributed by atoms with van der Waals surface area (Å²) in [7, 11) is 1.48. The summed E-state index contributed by atoms with van der Waals surface area (Å²) >= 11 is 0. The number of hydrogen-bond donors (Lipinski definition) is 1. The predicted octanol–water partition coefficient (Wildman–Crippen LogP) is 2.08. The molecule has 8 nitrogen and oxygen atoms in total. The van der Waals surface area contributed by atoms with Gasteiger partial charge < -0.3 is 10.0 Å². The van der Waals surface area contributed by atoms with Crippen LogP contribution in [0.5, 0.6) is 0 Å². The molecule has 0 saturated heterocycles. The van der Waals surface area contributed by atoms with E-state index in [2.05, 4.69) is 0 Å². The van der Waals surface area contributed by atoms with Crippen molar-refractivity contribution in [2.75, 3.05) is 25.1 Å². The van der Waals surface area contributed by atoms with Crippen molar-refractivity contribution >= 4 is 28.8 Å². The fraction of sp³-hybridized carbons (Fsp3) is 0.158. The van der Waals surface area contributed by atoms with Gasteiger partial charge in [0.15, 0.2) is 11.6 Å². The third kappa shape index (κ3) is 3.57. The molecule has 0 atom stereocenters. The van der Waals surface area contributed by atoms with Gasteiger partial charge in [0.25, 0.3) is 17.5 Å². The first-order valence-electron chi connectivity index (χ1n) is 8.41. The number of aliphatic hydroxyl groups excluding tert-OH is 1. The van der Waals surface area contributed by atoms with Crippen LogP contribution in [-0.4, -0.2) is 46.9 Å². The molecular formula is C19H15F2N3O5. The van der Waals surface area contributed by atoms with Crippen molar-refractivity contribution in [3.05, 3.63) is 75.5 Å². The number of amides is 2. The highest BCUT2D eigenvalue weighted by molar-refractivity contribution is 6.45. The average Bonchev–Trinajstić information content (AvgIpc) is 2.94. The quantitative estimate of drug-likeness (QED) is 0.450. The van der Waals surface area contributed by atoms with Gasteiger partial charge in [-0.1, -0.05) is 0 Å². The lowest BCUT2D eigenvalue weighted by atomic mass is 10.0. The van der Waals surface area contributed by atoms with Gasteiger partial charge in [-0.3, -0.25) is 19.7 Å². The van der Waals surface area contributed by atoms with E-state index in [-0.39, 0.29) is 41.4 Å². The van der Waals surface area contributed by atoms with Gasteiger partial charge in [-0.2, -0.15) is 0 Å². The van der Waals surface area contributed by atoms with E-state index in [1.807, 2.05) is 0 Å². The number of likely N-dealkylation sites (N-methyl/N-ethyl adjacent to an activating group) is 1. The second-order valence-electron chi connectivity index (χ2n) is 6.22. The Hall–Kier alpha value is -3.66. The Bertz CT molecular complexity index is 1040. The molecule has 0 saturated carbocycles. The molecule has 2 amide bonds. The molecule has 0 aliphatic carbocycles. The van der Waals surface area contributed by atoms with Crippen LogP contribution in [0.15, 0.2) is 48.2 Å². The summed E-state index contributed by atoms with van der Waals surface area (Å²) in [5.74, 6) is -3.94. The van der Waals surface area contributed by atoms with Crippen LogP contribution in [0.1, 0.15) is 5.56 Å². The highest BCUT2D eigenvalue weighted by Crippen LogP contribution is 2.35. The Labute approximate surface area is 163 Å². The third-order valence-electron chi connectivity index (χ3n) is 4.40. The Morgan fingerprint density at radius 2 is 1.72 bits per heavy atom. The lowest BCUT2D eigenvalue weighted by Gasteiger charge is -2.20.